The van der Waals surface area contributed by atoms with Gasteiger partial charge >= 0.3 is 6.18 Å². The van der Waals surface area contributed by atoms with E-state index in [1.54, 1.807) is 30.3 Å². The number of nitrogens with one attached hydrogen (secondary N) is 1. The van der Waals surface area contributed by atoms with Crippen LogP contribution in [0.3, 0.4) is 0 Å². The van der Waals surface area contributed by atoms with Gasteiger partial charge in [-0.2, -0.15) is 18.3 Å². The van der Waals surface area contributed by atoms with Gasteiger partial charge in [-0.25, -0.2) is 13.8 Å². The topological polar surface area (TPSA) is 88.1 Å². The molecule has 1 amide bonds. The first kappa shape index (κ1) is 26.0. The molecule has 3 aromatic rings. The molecule has 0 heterocycles. The van der Waals surface area contributed by atoms with E-state index in [9.17, 15) is 26.4 Å². The number of rotatable bonds is 8. The molecule has 1 N–H and O–H groups in total. The average Bonchev–Trinajstić information content (AvgIpc) is 2.83. The number of methoxy groups -OCH3 is 1. The zero-order valence-corrected chi connectivity index (χ0v) is 19.7. The van der Waals surface area contributed by atoms with Gasteiger partial charge in [0.05, 0.1) is 34.5 Å². The molecule has 35 heavy (non-hydrogen) atoms. The minimum absolute atomic E-state index is 0.233. The molecule has 0 unspecified atom stereocenters. The highest BCUT2D eigenvalue weighted by Gasteiger charge is 2.34. The van der Waals surface area contributed by atoms with Crippen molar-refractivity contribution in [2.45, 2.75) is 11.1 Å². The van der Waals surface area contributed by atoms with Gasteiger partial charge in [-0.3, -0.25) is 9.10 Å². The van der Waals surface area contributed by atoms with E-state index >= 15 is 0 Å². The Kier molecular flexibility index (Phi) is 8.03. The molecule has 3 aromatic carbocycles. The van der Waals surface area contributed by atoms with E-state index in [1.807, 2.05) is 0 Å². The number of halogens is 4. The molecule has 0 bridgehead atoms. The Morgan fingerprint density at radius 1 is 1.09 bits per heavy atom. The summed E-state index contributed by atoms with van der Waals surface area (Å²) in [7, 11) is -2.95. The Morgan fingerprint density at radius 3 is 2.34 bits per heavy atom. The first-order valence-electron chi connectivity index (χ1n) is 9.93. The van der Waals surface area contributed by atoms with Crippen molar-refractivity contribution in [3.05, 3.63) is 88.9 Å². The van der Waals surface area contributed by atoms with E-state index in [0.29, 0.717) is 21.7 Å². The van der Waals surface area contributed by atoms with E-state index in [-0.39, 0.29) is 9.92 Å². The first-order valence-corrected chi connectivity index (χ1v) is 11.7. The quantitative estimate of drug-likeness (QED) is 0.341. The largest absolute Gasteiger partial charge is 0.497 e. The second-order valence-electron chi connectivity index (χ2n) is 7.06. The second kappa shape index (κ2) is 10.8. The number of hydrogen-bond acceptors (Lipinski definition) is 5. The number of nitrogens with zero attached hydrogens (tertiary/aromatic N) is 2. The lowest BCUT2D eigenvalue weighted by Gasteiger charge is -2.25. The summed E-state index contributed by atoms with van der Waals surface area (Å²) in [5, 5.41) is 3.49. The van der Waals surface area contributed by atoms with Crippen molar-refractivity contribution in [3.63, 3.8) is 0 Å². The van der Waals surface area contributed by atoms with E-state index in [2.05, 4.69) is 10.5 Å². The molecule has 7 nitrogen and oxygen atoms in total. The maximum absolute atomic E-state index is 13.3. The van der Waals surface area contributed by atoms with Crippen LogP contribution in [0, 0.1) is 0 Å². The first-order chi connectivity index (χ1) is 16.5. The summed E-state index contributed by atoms with van der Waals surface area (Å²) in [4.78, 5) is 12.3. The average molecular weight is 526 g/mol. The SMILES string of the molecule is COc1ccc(/C=N/NC(=O)CN(c2cc(C(F)(F)F)ccc2Cl)S(=O)(=O)c2ccccc2)cc1. The molecule has 0 aliphatic carbocycles. The highest BCUT2D eigenvalue weighted by Crippen LogP contribution is 2.37. The van der Waals surface area contributed by atoms with E-state index in [1.165, 1.54) is 37.6 Å². The number of ether oxygens (including phenoxy) is 1. The number of benzene rings is 3. The van der Waals surface area contributed by atoms with Gasteiger partial charge in [0.15, 0.2) is 0 Å². The number of amides is 1. The van der Waals surface area contributed by atoms with Crippen LogP contribution in [-0.4, -0.2) is 34.2 Å². The molecule has 12 heteroatoms. The fraction of sp³-hybridized carbons (Fsp3) is 0.130. The highest BCUT2D eigenvalue weighted by molar-refractivity contribution is 7.92. The van der Waals surface area contributed by atoms with Crippen molar-refractivity contribution >= 4 is 39.4 Å². The van der Waals surface area contributed by atoms with Crippen molar-refractivity contribution < 1.29 is 31.1 Å². The molecule has 0 fully saturated rings. The number of carbonyl (C=O) groups is 1. The standard InChI is InChI=1S/C23H19ClF3N3O4S/c1-34-18-10-7-16(8-11-18)14-28-29-22(31)15-30(35(32,33)19-5-3-2-4-6-19)21-13-17(23(25,26)27)9-12-20(21)24/h2-14H,15H2,1H3,(H,29,31)/b28-14+. The maximum Gasteiger partial charge on any atom is 0.416 e. The van der Waals surface area contributed by atoms with Gasteiger partial charge in [0.25, 0.3) is 15.9 Å². The molecule has 0 aliphatic rings. The predicted molar refractivity (Wildman–Crippen MR) is 126 cm³/mol. The van der Waals surface area contributed by atoms with Crippen molar-refractivity contribution in [3.8, 4) is 5.75 Å². The minimum atomic E-state index is -4.76. The van der Waals surface area contributed by atoms with Gasteiger partial charge in [0.2, 0.25) is 0 Å². The number of anilines is 1. The molecule has 0 aliphatic heterocycles. The van der Waals surface area contributed by atoms with E-state index in [4.69, 9.17) is 16.3 Å². The molecule has 184 valence electrons. The fourth-order valence-electron chi connectivity index (χ4n) is 2.93. The third-order valence-electron chi connectivity index (χ3n) is 4.68. The Hall–Kier alpha value is -3.57. The summed E-state index contributed by atoms with van der Waals surface area (Å²) in [5.41, 5.74) is 1.17. The molecule has 0 saturated carbocycles. The number of alkyl halides is 3. The van der Waals surface area contributed by atoms with Gasteiger partial charge in [-0.1, -0.05) is 29.8 Å². The fourth-order valence-corrected chi connectivity index (χ4v) is 4.66. The minimum Gasteiger partial charge on any atom is -0.497 e. The van der Waals surface area contributed by atoms with Crippen LogP contribution in [-0.2, 0) is 21.0 Å². The number of sulfonamides is 1. The Labute approximate surface area is 204 Å². The predicted octanol–water partition coefficient (Wildman–Crippen LogP) is 4.71. The summed E-state index contributed by atoms with van der Waals surface area (Å²) in [6, 6.07) is 15.9. The van der Waals surface area contributed by atoms with Crippen LogP contribution in [0.1, 0.15) is 11.1 Å². The van der Waals surface area contributed by atoms with Crippen LogP contribution in [0.15, 0.2) is 82.8 Å². The van der Waals surface area contributed by atoms with Gasteiger partial charge in [-0.15, -0.1) is 0 Å². The zero-order chi connectivity index (χ0) is 25.6. The van der Waals surface area contributed by atoms with E-state index < -0.39 is 39.9 Å². The van der Waals surface area contributed by atoms with Crippen molar-refractivity contribution in [1.29, 1.82) is 0 Å². The highest BCUT2D eigenvalue weighted by atomic mass is 35.5. The summed E-state index contributed by atoms with van der Waals surface area (Å²) in [6.45, 7) is -0.877. The lowest BCUT2D eigenvalue weighted by atomic mass is 10.2. The molecular weight excluding hydrogens is 507 g/mol. The van der Waals surface area contributed by atoms with Crippen LogP contribution < -0.4 is 14.5 Å². The lowest BCUT2D eigenvalue weighted by Crippen LogP contribution is -2.40. The van der Waals surface area contributed by atoms with Gasteiger partial charge in [0.1, 0.15) is 12.3 Å². The number of carbonyl (C=O) groups excluding carboxylic acids is 1. The zero-order valence-electron chi connectivity index (χ0n) is 18.2. The molecular formula is C23H19ClF3N3O4S. The maximum atomic E-state index is 13.3. The summed E-state index contributed by atoms with van der Waals surface area (Å²) >= 11 is 6.08. The molecule has 0 aromatic heterocycles. The Morgan fingerprint density at radius 2 is 1.74 bits per heavy atom. The second-order valence-corrected chi connectivity index (χ2v) is 9.32. The number of hydrogen-bond donors (Lipinski definition) is 1. The van der Waals surface area contributed by atoms with Gasteiger partial charge in [0, 0.05) is 0 Å². The summed E-state index contributed by atoms with van der Waals surface area (Å²) < 4.78 is 72.1. The van der Waals surface area contributed by atoms with Crippen molar-refractivity contribution in [1.82, 2.24) is 5.43 Å². The van der Waals surface area contributed by atoms with Crippen LogP contribution in [0.5, 0.6) is 5.75 Å². The Bertz CT molecular complexity index is 1320. The summed E-state index contributed by atoms with van der Waals surface area (Å²) in [5.74, 6) is -0.284. The molecule has 0 radical (unpaired) electrons. The van der Waals surface area contributed by atoms with Gasteiger partial charge in [-0.05, 0) is 60.2 Å². The van der Waals surface area contributed by atoms with Crippen LogP contribution in [0.25, 0.3) is 0 Å². The lowest BCUT2D eigenvalue weighted by molar-refractivity contribution is -0.137. The van der Waals surface area contributed by atoms with Crippen LogP contribution in [0.2, 0.25) is 5.02 Å². The normalized spacial score (nSPS) is 11.9. The van der Waals surface area contributed by atoms with Gasteiger partial charge < -0.3 is 4.74 Å². The van der Waals surface area contributed by atoms with Crippen LogP contribution in [0.4, 0.5) is 18.9 Å². The van der Waals surface area contributed by atoms with E-state index in [0.717, 1.165) is 12.1 Å². The molecule has 3 rings (SSSR count). The molecule has 0 atom stereocenters. The van der Waals surface area contributed by atoms with Crippen LogP contribution >= 0.6 is 11.6 Å². The Balaban J connectivity index is 1.92. The summed E-state index contributed by atoms with van der Waals surface area (Å²) in [6.07, 6.45) is -3.45. The van der Waals surface area contributed by atoms with Crippen molar-refractivity contribution in [2.24, 2.45) is 5.10 Å². The smallest absolute Gasteiger partial charge is 0.416 e. The third kappa shape index (κ3) is 6.52. The molecule has 0 saturated heterocycles. The monoisotopic (exact) mass is 525 g/mol. The molecule has 0 spiro atoms. The van der Waals surface area contributed by atoms with Crippen molar-refractivity contribution in [2.75, 3.05) is 18.0 Å². The third-order valence-corrected chi connectivity index (χ3v) is 6.77. The number of hydrazone groups is 1.